The maximum atomic E-state index is 12.0. The van der Waals surface area contributed by atoms with Gasteiger partial charge in [0.25, 0.3) is 0 Å². The number of carbonyl (C=O) groups is 2. The Morgan fingerprint density at radius 3 is 2.31 bits per heavy atom. The summed E-state index contributed by atoms with van der Waals surface area (Å²) in [6.45, 7) is 11.2. The second-order valence-corrected chi connectivity index (χ2v) is 12.5. The molecule has 1 aromatic carbocycles. The van der Waals surface area contributed by atoms with E-state index >= 15 is 0 Å². The van der Waals surface area contributed by atoms with Gasteiger partial charge in [-0.1, -0.05) is 51.1 Å². The number of hydrogen-bond donors (Lipinski definition) is 1. The molecule has 6 nitrogen and oxygen atoms in total. The molecule has 0 aliphatic rings. The predicted octanol–water partition coefficient (Wildman–Crippen LogP) is 3.87. The molecule has 1 aromatic rings. The quantitative estimate of drug-likeness (QED) is 0.547. The third-order valence-electron chi connectivity index (χ3n) is 4.67. The third-order valence-corrected chi connectivity index (χ3v) is 9.20. The van der Waals surface area contributed by atoms with Crippen molar-refractivity contribution in [1.82, 2.24) is 5.32 Å². The lowest BCUT2D eigenvalue weighted by molar-refractivity contribution is -0.143. The molecule has 0 radical (unpaired) electrons. The number of nitrogens with one attached hydrogen (secondary N) is 1. The van der Waals surface area contributed by atoms with Crippen molar-refractivity contribution in [3.63, 3.8) is 0 Å². The first-order valence-corrected chi connectivity index (χ1v) is 11.7. The molecular weight excluding hydrogens is 350 g/mol. The van der Waals surface area contributed by atoms with Gasteiger partial charge in [-0.25, -0.2) is 9.59 Å². The number of benzene rings is 1. The molecule has 0 saturated heterocycles. The molecule has 0 aromatic heterocycles. The van der Waals surface area contributed by atoms with E-state index in [2.05, 4.69) is 39.2 Å². The second kappa shape index (κ2) is 9.73. The Morgan fingerprint density at radius 2 is 1.77 bits per heavy atom. The Hall–Kier alpha value is -1.86. The molecule has 0 fully saturated rings. The van der Waals surface area contributed by atoms with Gasteiger partial charge in [0, 0.05) is 13.0 Å². The van der Waals surface area contributed by atoms with Gasteiger partial charge in [-0.15, -0.1) is 0 Å². The first-order valence-electron chi connectivity index (χ1n) is 8.76. The maximum Gasteiger partial charge on any atom is 0.408 e. The monoisotopic (exact) mass is 381 g/mol. The minimum absolute atomic E-state index is 0.0792. The van der Waals surface area contributed by atoms with Crippen LogP contribution in [0.5, 0.6) is 0 Å². The zero-order chi connectivity index (χ0) is 19.8. The van der Waals surface area contributed by atoms with Crippen molar-refractivity contribution in [3.05, 3.63) is 35.9 Å². The van der Waals surface area contributed by atoms with Crippen LogP contribution in [0, 0.1) is 0 Å². The van der Waals surface area contributed by atoms with Crippen molar-refractivity contribution in [3.8, 4) is 0 Å². The average Bonchev–Trinajstić information content (AvgIpc) is 2.58. The Balaban J connectivity index is 2.53. The molecule has 0 spiro atoms. The molecule has 0 aliphatic heterocycles. The van der Waals surface area contributed by atoms with Crippen molar-refractivity contribution in [1.29, 1.82) is 0 Å². The molecule has 1 atom stereocenters. The van der Waals surface area contributed by atoms with Gasteiger partial charge in [0.05, 0.1) is 7.11 Å². The van der Waals surface area contributed by atoms with Crippen LogP contribution in [0.25, 0.3) is 0 Å². The Morgan fingerprint density at radius 1 is 1.15 bits per heavy atom. The van der Waals surface area contributed by atoms with Crippen LogP contribution in [0.1, 0.15) is 32.8 Å². The third kappa shape index (κ3) is 7.17. The Bertz CT molecular complexity index is 583. The highest BCUT2D eigenvalue weighted by atomic mass is 28.4. The van der Waals surface area contributed by atoms with Gasteiger partial charge in [-0.05, 0) is 23.7 Å². The minimum Gasteiger partial charge on any atom is -0.467 e. The number of rotatable bonds is 8. The topological polar surface area (TPSA) is 73.9 Å². The summed E-state index contributed by atoms with van der Waals surface area (Å²) >= 11 is 0. The van der Waals surface area contributed by atoms with E-state index in [-0.39, 0.29) is 11.6 Å². The molecule has 0 aliphatic carbocycles. The zero-order valence-electron chi connectivity index (χ0n) is 16.6. The number of esters is 1. The first-order chi connectivity index (χ1) is 12.1. The lowest BCUT2D eigenvalue weighted by Crippen LogP contribution is -2.45. The highest BCUT2D eigenvalue weighted by Gasteiger charge is 2.37. The SMILES string of the molecule is COC(=O)[C@@H](CCO[Si](C)(C)C(C)(C)C)NC(=O)OCc1ccccc1. The van der Waals surface area contributed by atoms with E-state index in [9.17, 15) is 9.59 Å². The summed E-state index contributed by atoms with van der Waals surface area (Å²) in [6, 6.07) is 8.54. The van der Waals surface area contributed by atoms with Gasteiger partial charge >= 0.3 is 12.1 Å². The largest absolute Gasteiger partial charge is 0.467 e. The highest BCUT2D eigenvalue weighted by molar-refractivity contribution is 6.74. The zero-order valence-corrected chi connectivity index (χ0v) is 17.6. The molecule has 146 valence electrons. The molecular formula is C19H31NO5Si. The average molecular weight is 382 g/mol. The van der Waals surface area contributed by atoms with Gasteiger partial charge in [-0.2, -0.15) is 0 Å². The second-order valence-electron chi connectivity index (χ2n) is 7.68. The van der Waals surface area contributed by atoms with Crippen LogP contribution in [-0.2, 0) is 25.3 Å². The fourth-order valence-corrected chi connectivity index (χ4v) is 3.01. The Kier molecular flexibility index (Phi) is 8.30. The van der Waals surface area contributed by atoms with E-state index in [1.807, 2.05) is 30.3 Å². The molecule has 7 heteroatoms. The molecule has 0 unspecified atom stereocenters. The van der Waals surface area contributed by atoms with Crippen molar-refractivity contribution in [2.24, 2.45) is 0 Å². The normalized spacial score (nSPS) is 13.0. The van der Waals surface area contributed by atoms with Crippen molar-refractivity contribution in [2.75, 3.05) is 13.7 Å². The van der Waals surface area contributed by atoms with E-state index in [1.165, 1.54) is 7.11 Å². The van der Waals surface area contributed by atoms with Crippen molar-refractivity contribution < 1.29 is 23.5 Å². The summed E-state index contributed by atoms with van der Waals surface area (Å²) in [5, 5.41) is 2.64. The lowest BCUT2D eigenvalue weighted by Gasteiger charge is -2.36. The number of methoxy groups -OCH3 is 1. The predicted molar refractivity (Wildman–Crippen MR) is 103 cm³/mol. The molecule has 26 heavy (non-hydrogen) atoms. The molecule has 1 amide bonds. The smallest absolute Gasteiger partial charge is 0.408 e. The fraction of sp³-hybridized carbons (Fsp3) is 0.579. The van der Waals surface area contributed by atoms with Gasteiger partial charge in [0.2, 0.25) is 0 Å². The summed E-state index contributed by atoms with van der Waals surface area (Å²) in [6.07, 6.45) is -0.323. The van der Waals surface area contributed by atoms with Gasteiger partial charge in [0.15, 0.2) is 8.32 Å². The van der Waals surface area contributed by atoms with E-state index in [0.717, 1.165) is 5.56 Å². The maximum absolute atomic E-state index is 12.0. The van der Waals surface area contributed by atoms with Crippen LogP contribution in [0.3, 0.4) is 0 Å². The highest BCUT2D eigenvalue weighted by Crippen LogP contribution is 2.36. The summed E-state index contributed by atoms with van der Waals surface area (Å²) in [7, 11) is -0.619. The Labute approximate surface area is 157 Å². The first kappa shape index (κ1) is 22.2. The van der Waals surface area contributed by atoms with Gasteiger partial charge in [-0.3, -0.25) is 0 Å². The van der Waals surface area contributed by atoms with Crippen molar-refractivity contribution in [2.45, 2.75) is 58.0 Å². The van der Waals surface area contributed by atoms with E-state index in [1.54, 1.807) is 0 Å². The number of alkyl carbamates (subject to hydrolysis) is 1. The van der Waals surface area contributed by atoms with Gasteiger partial charge in [0.1, 0.15) is 12.6 Å². The van der Waals surface area contributed by atoms with Crippen LogP contribution < -0.4 is 5.32 Å². The molecule has 0 saturated carbocycles. The van der Waals surface area contributed by atoms with Crippen LogP contribution in [0.2, 0.25) is 18.1 Å². The number of amides is 1. The van der Waals surface area contributed by atoms with Crippen LogP contribution in [0.4, 0.5) is 4.79 Å². The summed E-state index contributed by atoms with van der Waals surface area (Å²) in [4.78, 5) is 23.9. The molecule has 0 bridgehead atoms. The van der Waals surface area contributed by atoms with Crippen LogP contribution in [0.15, 0.2) is 30.3 Å². The summed E-state index contributed by atoms with van der Waals surface area (Å²) < 4.78 is 16.0. The number of ether oxygens (including phenoxy) is 2. The molecule has 0 heterocycles. The summed E-state index contributed by atoms with van der Waals surface area (Å²) in [5.41, 5.74) is 0.874. The van der Waals surface area contributed by atoms with E-state index < -0.39 is 26.4 Å². The molecule has 1 rings (SSSR count). The van der Waals surface area contributed by atoms with E-state index in [4.69, 9.17) is 13.9 Å². The van der Waals surface area contributed by atoms with Crippen LogP contribution in [-0.4, -0.2) is 40.1 Å². The lowest BCUT2D eigenvalue weighted by atomic mass is 10.2. The summed E-state index contributed by atoms with van der Waals surface area (Å²) in [5.74, 6) is -0.513. The van der Waals surface area contributed by atoms with E-state index in [0.29, 0.717) is 13.0 Å². The molecule has 1 N–H and O–H groups in total. The number of hydrogen-bond acceptors (Lipinski definition) is 5. The van der Waals surface area contributed by atoms with Crippen molar-refractivity contribution >= 4 is 20.4 Å². The van der Waals surface area contributed by atoms with Gasteiger partial charge < -0.3 is 19.2 Å². The number of carbonyl (C=O) groups excluding carboxylic acids is 2. The van der Waals surface area contributed by atoms with Crippen LogP contribution >= 0.6 is 0 Å². The fourth-order valence-electron chi connectivity index (χ4n) is 1.95. The standard InChI is InChI=1S/C19H31NO5Si/c1-19(2,3)26(5,6)25-13-12-16(17(21)23-4)20-18(22)24-14-15-10-8-7-9-11-15/h7-11,16H,12-14H2,1-6H3,(H,20,22)/t16-/m1/s1. The minimum atomic E-state index is -1.91.